The van der Waals surface area contributed by atoms with Gasteiger partial charge in [-0.05, 0) is 43.4 Å². The fraction of sp³-hybridized carbons (Fsp3) is 0.200. The summed E-state index contributed by atoms with van der Waals surface area (Å²) in [5, 5.41) is 2.77. The summed E-state index contributed by atoms with van der Waals surface area (Å²) in [7, 11) is 1.86. The van der Waals surface area contributed by atoms with Crippen LogP contribution in [0.5, 0.6) is 0 Å². The van der Waals surface area contributed by atoms with Gasteiger partial charge in [-0.15, -0.1) is 11.3 Å². The first-order valence-electron chi connectivity index (χ1n) is 6.56. The molecule has 1 aromatic carbocycles. The topological polar surface area (TPSA) is 75.4 Å². The fourth-order valence-electron chi connectivity index (χ4n) is 1.92. The lowest BCUT2D eigenvalue weighted by atomic mass is 10.2. The van der Waals surface area contributed by atoms with Gasteiger partial charge in [-0.1, -0.05) is 11.6 Å². The number of carbonyl (C=O) groups is 2. The van der Waals surface area contributed by atoms with Crippen LogP contribution in [-0.2, 0) is 11.3 Å². The summed E-state index contributed by atoms with van der Waals surface area (Å²) < 4.78 is 0.738. The van der Waals surface area contributed by atoms with E-state index in [1.54, 1.807) is 24.3 Å². The maximum atomic E-state index is 12.0. The molecule has 1 heterocycles. The van der Waals surface area contributed by atoms with Crippen LogP contribution in [0.1, 0.15) is 15.2 Å². The minimum Gasteiger partial charge on any atom is -0.366 e. The van der Waals surface area contributed by atoms with Crippen molar-refractivity contribution in [2.75, 3.05) is 18.9 Å². The highest BCUT2D eigenvalue weighted by Gasteiger charge is 2.09. The van der Waals surface area contributed by atoms with Gasteiger partial charge in [0.25, 0.3) is 0 Å². The lowest BCUT2D eigenvalue weighted by molar-refractivity contribution is -0.117. The standard InChI is InChI=1S/C15H16ClN3O2S/c1-19(8-12-6-7-13(16)22-12)9-14(20)18-11-4-2-10(3-5-11)15(17)21/h2-7H,8-9H2,1H3,(H2,17,21)(H,18,20). The maximum absolute atomic E-state index is 12.0. The second-order valence-electron chi connectivity index (χ2n) is 4.87. The minimum absolute atomic E-state index is 0.128. The average Bonchev–Trinajstić information content (AvgIpc) is 2.84. The Balaban J connectivity index is 1.85. The number of anilines is 1. The van der Waals surface area contributed by atoms with E-state index in [0.717, 1.165) is 9.21 Å². The van der Waals surface area contributed by atoms with Crippen molar-refractivity contribution >= 4 is 40.4 Å². The monoisotopic (exact) mass is 337 g/mol. The number of halogens is 1. The SMILES string of the molecule is CN(CC(=O)Nc1ccc(C(N)=O)cc1)Cc1ccc(Cl)s1. The summed E-state index contributed by atoms with van der Waals surface area (Å²) in [4.78, 5) is 25.9. The van der Waals surface area contributed by atoms with Crippen molar-refractivity contribution in [1.29, 1.82) is 0 Å². The third kappa shape index (κ3) is 4.84. The van der Waals surface area contributed by atoms with E-state index in [1.807, 2.05) is 24.1 Å². The Morgan fingerprint density at radius 1 is 1.23 bits per heavy atom. The van der Waals surface area contributed by atoms with Crippen molar-refractivity contribution in [2.45, 2.75) is 6.54 Å². The van der Waals surface area contributed by atoms with Gasteiger partial charge in [0.1, 0.15) is 0 Å². The van der Waals surface area contributed by atoms with Crippen molar-refractivity contribution in [3.63, 3.8) is 0 Å². The van der Waals surface area contributed by atoms with Gasteiger partial charge in [-0.2, -0.15) is 0 Å². The van der Waals surface area contributed by atoms with E-state index in [-0.39, 0.29) is 12.5 Å². The number of hydrogen-bond donors (Lipinski definition) is 2. The zero-order chi connectivity index (χ0) is 16.1. The summed E-state index contributed by atoms with van der Waals surface area (Å²) >= 11 is 7.38. The van der Waals surface area contributed by atoms with E-state index in [2.05, 4.69) is 5.32 Å². The van der Waals surface area contributed by atoms with Crippen LogP contribution in [0, 0.1) is 0 Å². The quantitative estimate of drug-likeness (QED) is 0.850. The van der Waals surface area contributed by atoms with Gasteiger partial charge in [0.05, 0.1) is 10.9 Å². The van der Waals surface area contributed by atoms with Crippen LogP contribution in [0.3, 0.4) is 0 Å². The van der Waals surface area contributed by atoms with Gasteiger partial charge in [0.15, 0.2) is 0 Å². The van der Waals surface area contributed by atoms with Gasteiger partial charge in [0.2, 0.25) is 11.8 Å². The van der Waals surface area contributed by atoms with Crippen LogP contribution in [0.15, 0.2) is 36.4 Å². The summed E-state index contributed by atoms with van der Waals surface area (Å²) in [6.07, 6.45) is 0. The molecule has 0 bridgehead atoms. The number of likely N-dealkylation sites (N-methyl/N-ethyl adjacent to an activating group) is 1. The molecule has 1 aromatic heterocycles. The molecule has 5 nitrogen and oxygen atoms in total. The largest absolute Gasteiger partial charge is 0.366 e. The fourth-order valence-corrected chi connectivity index (χ4v) is 3.09. The minimum atomic E-state index is -0.493. The first kappa shape index (κ1) is 16.5. The van der Waals surface area contributed by atoms with Crippen LogP contribution in [0.25, 0.3) is 0 Å². The van der Waals surface area contributed by atoms with Crippen LogP contribution in [0.4, 0.5) is 5.69 Å². The van der Waals surface area contributed by atoms with Crippen molar-refractivity contribution in [1.82, 2.24) is 4.90 Å². The second-order valence-corrected chi connectivity index (χ2v) is 6.67. The molecule has 0 aliphatic rings. The molecule has 7 heteroatoms. The van der Waals surface area contributed by atoms with Crippen molar-refractivity contribution in [2.24, 2.45) is 5.73 Å². The molecular weight excluding hydrogens is 322 g/mol. The molecule has 0 spiro atoms. The molecule has 0 aliphatic carbocycles. The zero-order valence-electron chi connectivity index (χ0n) is 12.0. The Hall–Kier alpha value is -1.89. The summed E-state index contributed by atoms with van der Waals surface area (Å²) in [5.74, 6) is -0.621. The lowest BCUT2D eigenvalue weighted by Crippen LogP contribution is -2.29. The average molecular weight is 338 g/mol. The third-order valence-electron chi connectivity index (χ3n) is 2.92. The molecule has 22 heavy (non-hydrogen) atoms. The number of thiophene rings is 1. The molecule has 2 rings (SSSR count). The first-order valence-corrected chi connectivity index (χ1v) is 7.76. The highest BCUT2D eigenvalue weighted by atomic mass is 35.5. The van der Waals surface area contributed by atoms with Gasteiger partial charge in [0, 0.05) is 22.7 Å². The van der Waals surface area contributed by atoms with E-state index in [9.17, 15) is 9.59 Å². The first-order chi connectivity index (χ1) is 10.4. The number of nitrogens with two attached hydrogens (primary N) is 1. The molecule has 2 amide bonds. The van der Waals surface area contributed by atoms with E-state index >= 15 is 0 Å². The molecule has 0 fully saturated rings. The normalized spacial score (nSPS) is 10.7. The molecule has 0 aliphatic heterocycles. The van der Waals surface area contributed by atoms with Gasteiger partial charge < -0.3 is 11.1 Å². The third-order valence-corrected chi connectivity index (χ3v) is 4.14. The number of primary amides is 1. The van der Waals surface area contributed by atoms with Crippen LogP contribution in [-0.4, -0.2) is 30.3 Å². The Labute approximate surface area is 137 Å². The van der Waals surface area contributed by atoms with Gasteiger partial charge in [-0.3, -0.25) is 14.5 Å². The summed E-state index contributed by atoms with van der Waals surface area (Å²) in [5.41, 5.74) is 6.20. The highest BCUT2D eigenvalue weighted by molar-refractivity contribution is 7.16. The molecule has 0 unspecified atom stereocenters. The van der Waals surface area contributed by atoms with Crippen LogP contribution >= 0.6 is 22.9 Å². The maximum Gasteiger partial charge on any atom is 0.248 e. The number of rotatable bonds is 6. The van der Waals surface area contributed by atoms with E-state index in [0.29, 0.717) is 17.8 Å². The van der Waals surface area contributed by atoms with Crippen molar-refractivity contribution < 1.29 is 9.59 Å². The van der Waals surface area contributed by atoms with Crippen molar-refractivity contribution in [3.05, 3.63) is 51.2 Å². The molecule has 3 N–H and O–H groups in total. The molecular formula is C15H16ClN3O2S. The number of amides is 2. The molecule has 116 valence electrons. The summed E-state index contributed by atoms with van der Waals surface area (Å²) in [6, 6.07) is 10.2. The summed E-state index contributed by atoms with van der Waals surface area (Å²) in [6.45, 7) is 0.915. The van der Waals surface area contributed by atoms with Crippen LogP contribution < -0.4 is 11.1 Å². The predicted molar refractivity (Wildman–Crippen MR) is 89.3 cm³/mol. The number of nitrogens with zero attached hydrogens (tertiary/aromatic N) is 1. The number of hydrogen-bond acceptors (Lipinski definition) is 4. The van der Waals surface area contributed by atoms with E-state index in [1.165, 1.54) is 11.3 Å². The van der Waals surface area contributed by atoms with E-state index < -0.39 is 5.91 Å². The zero-order valence-corrected chi connectivity index (χ0v) is 13.6. The second kappa shape index (κ2) is 7.40. The number of nitrogens with one attached hydrogen (secondary N) is 1. The predicted octanol–water partition coefficient (Wildman–Crippen LogP) is 2.57. The number of carbonyl (C=O) groups excluding carboxylic acids is 2. The lowest BCUT2D eigenvalue weighted by Gasteiger charge is -2.15. The van der Waals surface area contributed by atoms with Crippen molar-refractivity contribution in [3.8, 4) is 0 Å². The molecule has 0 radical (unpaired) electrons. The molecule has 0 saturated carbocycles. The molecule has 0 saturated heterocycles. The number of benzene rings is 1. The van der Waals surface area contributed by atoms with Gasteiger partial charge in [-0.25, -0.2) is 0 Å². The Morgan fingerprint density at radius 3 is 2.45 bits per heavy atom. The smallest absolute Gasteiger partial charge is 0.248 e. The Kier molecular flexibility index (Phi) is 5.54. The Bertz CT molecular complexity index is 670. The van der Waals surface area contributed by atoms with E-state index in [4.69, 9.17) is 17.3 Å². The van der Waals surface area contributed by atoms with Gasteiger partial charge >= 0.3 is 0 Å². The highest BCUT2D eigenvalue weighted by Crippen LogP contribution is 2.22. The Morgan fingerprint density at radius 2 is 1.91 bits per heavy atom. The molecule has 2 aromatic rings. The molecule has 0 atom stereocenters. The van der Waals surface area contributed by atoms with Crippen LogP contribution in [0.2, 0.25) is 4.34 Å².